The molecule has 0 spiro atoms. The van der Waals surface area contributed by atoms with Crippen LogP contribution in [0, 0.1) is 11.8 Å². The van der Waals surface area contributed by atoms with E-state index in [4.69, 9.17) is 20.7 Å². The fraction of sp³-hybridized carbons (Fsp3) is 0.961. The number of aliphatic hydroxyl groups excluding tert-OH is 2. The lowest BCUT2D eigenvalue weighted by Crippen LogP contribution is -2.54. The monoisotopic (exact) mass is 926 g/mol. The first-order valence-corrected chi connectivity index (χ1v) is 25.4. The van der Waals surface area contributed by atoms with Crippen LogP contribution in [-0.2, 0) is 14.3 Å². The maximum Gasteiger partial charge on any atom is 0.221 e. The summed E-state index contributed by atoms with van der Waals surface area (Å²) in [5.74, 6) is 0.680. The van der Waals surface area contributed by atoms with E-state index in [0.29, 0.717) is 29.1 Å². The molecule has 5 aliphatic rings. The zero-order valence-corrected chi connectivity index (χ0v) is 45.6. The number of aliphatic hydroxyl groups is 2. The number of rotatable bonds is 7. The van der Waals surface area contributed by atoms with E-state index in [-0.39, 0.29) is 35.4 Å². The molecular formula is C51H107N9O5. The van der Waals surface area contributed by atoms with Gasteiger partial charge in [0.1, 0.15) is 0 Å². The number of hydrogen-bond donors (Lipinski definition) is 3. The molecule has 4 N–H and O–H groups in total. The van der Waals surface area contributed by atoms with Crippen LogP contribution in [0.15, 0.2) is 0 Å². The minimum atomic E-state index is -0.144. The molecule has 5 aliphatic heterocycles. The molecule has 5 saturated heterocycles. The standard InChI is InChI=1S/C11H24N2O.C10H20N2O.C10H22N2O.C10H20N2O.C10H21NO/c1-11(2,3)13-7-5-12(6-8-13)9-10-14-4;1-9(13)11-5-7-12(8-6-11)10(2,3)4;1-10(2,3)12-6-4-11(5-7-12)8-9-13;1-10(2,3)12-6-4-5-8(7-12)9(11)13;1-10(2,3)11-6-4-9(8-12)5-7-11/h5-10H2,1-4H3;5-8H2,1-4H3;13H,4-9H2,1-3H3;8H,4-7H2,1-3H3,(H2,11,13);9,12H,4-8H2,1-3H3. The Kier molecular flexibility index (Phi) is 27.4. The van der Waals surface area contributed by atoms with E-state index in [2.05, 4.69) is 138 Å². The predicted octanol–water partition coefficient (Wildman–Crippen LogP) is 4.86. The Labute approximate surface area is 400 Å². The summed E-state index contributed by atoms with van der Waals surface area (Å²) in [7, 11) is 1.77. The maximum absolute atomic E-state index is 11.1. The number of carbonyl (C=O) groups is 2. The van der Waals surface area contributed by atoms with Gasteiger partial charge in [-0.15, -0.1) is 0 Å². The Morgan fingerprint density at radius 1 is 0.523 bits per heavy atom. The minimum Gasteiger partial charge on any atom is -0.396 e. The summed E-state index contributed by atoms with van der Waals surface area (Å²) in [5.41, 5.74) is 6.64. The van der Waals surface area contributed by atoms with Crippen LogP contribution in [0.3, 0.4) is 0 Å². The number of hydrogen-bond acceptors (Lipinski definition) is 12. The zero-order valence-electron chi connectivity index (χ0n) is 45.6. The first-order valence-electron chi connectivity index (χ1n) is 25.4. The molecule has 0 bridgehead atoms. The molecule has 1 atom stereocenters. The van der Waals surface area contributed by atoms with Gasteiger partial charge < -0.3 is 25.6 Å². The van der Waals surface area contributed by atoms with Crippen molar-refractivity contribution in [2.24, 2.45) is 17.6 Å². The lowest BCUT2D eigenvalue weighted by Gasteiger charge is -2.42. The van der Waals surface area contributed by atoms with Gasteiger partial charge in [-0.1, -0.05) is 0 Å². The molecule has 1 unspecified atom stereocenters. The number of ether oxygens (including phenoxy) is 1. The number of β-amino-alcohol motifs (C(OH)–C–C–N with tert-alkyl or cyclic N) is 1. The van der Waals surface area contributed by atoms with Gasteiger partial charge in [-0.2, -0.15) is 0 Å². The lowest BCUT2D eigenvalue weighted by atomic mass is 9.93. The minimum absolute atomic E-state index is 0.0629. The molecule has 0 radical (unpaired) electrons. The average Bonchev–Trinajstić information content (AvgIpc) is 3.23. The van der Waals surface area contributed by atoms with E-state index in [1.165, 1.54) is 26.2 Å². The van der Waals surface area contributed by atoms with Gasteiger partial charge in [0, 0.05) is 147 Å². The van der Waals surface area contributed by atoms with Crippen LogP contribution in [0.25, 0.3) is 0 Å². The summed E-state index contributed by atoms with van der Waals surface area (Å²) >= 11 is 0. The van der Waals surface area contributed by atoms with Crippen molar-refractivity contribution in [3.05, 3.63) is 0 Å². The lowest BCUT2D eigenvalue weighted by molar-refractivity contribution is -0.131. The number of piperidine rings is 2. The normalized spacial score (nSPS) is 22.6. The molecule has 0 aromatic rings. The SMILES string of the molecule is CC(=O)N1CCN(C(C)(C)C)CC1.CC(C)(C)N1CCC(CO)CC1.CC(C)(C)N1CCCC(C(N)=O)C1.CC(C)(C)N1CCN(CCO)CC1.COCCN1CCN(C(C)(C)C)CC1. The highest BCUT2D eigenvalue weighted by Gasteiger charge is 2.31. The van der Waals surface area contributed by atoms with E-state index >= 15 is 0 Å². The highest BCUT2D eigenvalue weighted by Crippen LogP contribution is 2.25. The van der Waals surface area contributed by atoms with Gasteiger partial charge in [0.2, 0.25) is 11.8 Å². The third-order valence-electron chi connectivity index (χ3n) is 13.9. The fourth-order valence-electron chi connectivity index (χ4n) is 8.94. The summed E-state index contributed by atoms with van der Waals surface area (Å²) in [5, 5.41) is 17.8. The second kappa shape index (κ2) is 28.9. The first-order chi connectivity index (χ1) is 29.9. The largest absolute Gasteiger partial charge is 0.396 e. The van der Waals surface area contributed by atoms with Crippen LogP contribution >= 0.6 is 0 Å². The molecule has 14 nitrogen and oxygen atoms in total. The van der Waals surface area contributed by atoms with Gasteiger partial charge in [0.25, 0.3) is 0 Å². The van der Waals surface area contributed by atoms with E-state index in [9.17, 15) is 9.59 Å². The number of piperazine rings is 3. The van der Waals surface area contributed by atoms with Crippen molar-refractivity contribution in [1.29, 1.82) is 0 Å². The number of nitrogens with zero attached hydrogens (tertiary/aromatic N) is 8. The van der Waals surface area contributed by atoms with Crippen molar-refractivity contribution < 1.29 is 24.5 Å². The van der Waals surface area contributed by atoms with Crippen molar-refractivity contribution in [2.75, 3.05) is 145 Å². The Balaban J connectivity index is 0.000000407. The molecule has 0 aliphatic carbocycles. The third kappa shape index (κ3) is 25.1. The summed E-state index contributed by atoms with van der Waals surface area (Å²) in [6, 6.07) is 0. The zero-order chi connectivity index (χ0) is 49.8. The van der Waals surface area contributed by atoms with E-state index in [1.54, 1.807) is 14.0 Å². The summed E-state index contributed by atoms with van der Waals surface area (Å²) in [6.07, 6.45) is 4.37. The first kappa shape index (κ1) is 61.6. The van der Waals surface area contributed by atoms with Gasteiger partial charge in [-0.3, -0.25) is 43.9 Å². The molecule has 386 valence electrons. The molecular weight excluding hydrogens is 819 g/mol. The Morgan fingerprint density at radius 3 is 1.22 bits per heavy atom. The van der Waals surface area contributed by atoms with Gasteiger partial charge in [-0.05, 0) is 155 Å². The highest BCUT2D eigenvalue weighted by molar-refractivity contribution is 5.77. The van der Waals surface area contributed by atoms with E-state index in [1.807, 2.05) is 4.90 Å². The third-order valence-corrected chi connectivity index (χ3v) is 13.9. The summed E-state index contributed by atoms with van der Waals surface area (Å²) in [6.45, 7) is 55.8. The molecule has 65 heavy (non-hydrogen) atoms. The molecule has 2 amide bonds. The number of likely N-dealkylation sites (tertiary alicyclic amines) is 2. The van der Waals surface area contributed by atoms with Crippen LogP contribution in [0.4, 0.5) is 0 Å². The summed E-state index contributed by atoms with van der Waals surface area (Å²) < 4.78 is 5.08. The molecule has 0 aromatic heterocycles. The van der Waals surface area contributed by atoms with E-state index < -0.39 is 0 Å². The number of carbonyl (C=O) groups excluding carboxylic acids is 2. The predicted molar refractivity (Wildman–Crippen MR) is 272 cm³/mol. The van der Waals surface area contributed by atoms with Gasteiger partial charge >= 0.3 is 0 Å². The van der Waals surface area contributed by atoms with E-state index in [0.717, 1.165) is 124 Å². The maximum atomic E-state index is 11.1. The number of primary amides is 1. The number of methoxy groups -OCH3 is 1. The van der Waals surface area contributed by atoms with Crippen LogP contribution in [0.5, 0.6) is 0 Å². The van der Waals surface area contributed by atoms with Crippen molar-refractivity contribution in [2.45, 2.75) is 164 Å². The highest BCUT2D eigenvalue weighted by atomic mass is 16.5. The Morgan fingerprint density at radius 2 is 0.892 bits per heavy atom. The Bertz CT molecular complexity index is 1270. The summed E-state index contributed by atoms with van der Waals surface area (Å²) in [4.78, 5) is 41.1. The van der Waals surface area contributed by atoms with Gasteiger partial charge in [0.15, 0.2) is 0 Å². The molecule has 0 saturated carbocycles. The average molecular weight is 926 g/mol. The molecule has 14 heteroatoms. The van der Waals surface area contributed by atoms with Gasteiger partial charge in [0.05, 0.1) is 19.1 Å². The van der Waals surface area contributed by atoms with Crippen LogP contribution in [-0.4, -0.2) is 234 Å². The quantitative estimate of drug-likeness (QED) is 0.322. The van der Waals surface area contributed by atoms with Crippen molar-refractivity contribution in [3.8, 4) is 0 Å². The van der Waals surface area contributed by atoms with Gasteiger partial charge in [-0.25, -0.2) is 0 Å². The smallest absolute Gasteiger partial charge is 0.221 e. The van der Waals surface area contributed by atoms with Crippen molar-refractivity contribution in [1.82, 2.24) is 39.2 Å². The molecule has 0 aromatic carbocycles. The second-order valence-electron chi connectivity index (χ2n) is 24.0. The fourth-order valence-corrected chi connectivity index (χ4v) is 8.94. The van der Waals surface area contributed by atoms with Crippen LogP contribution in [0.1, 0.15) is 136 Å². The molecule has 5 heterocycles. The number of amides is 2. The topological polar surface area (TPSA) is 136 Å². The van der Waals surface area contributed by atoms with Crippen molar-refractivity contribution >= 4 is 11.8 Å². The molecule has 5 rings (SSSR count). The van der Waals surface area contributed by atoms with Crippen LogP contribution in [0.2, 0.25) is 0 Å². The Hall–Kier alpha value is -1.46. The van der Waals surface area contributed by atoms with Crippen LogP contribution < -0.4 is 5.73 Å². The second-order valence-corrected chi connectivity index (χ2v) is 24.0. The number of nitrogens with two attached hydrogens (primary N) is 1. The molecule has 5 fully saturated rings. The van der Waals surface area contributed by atoms with Crippen molar-refractivity contribution in [3.63, 3.8) is 0 Å².